The van der Waals surface area contributed by atoms with Gasteiger partial charge in [-0.25, -0.2) is 0 Å². The van der Waals surface area contributed by atoms with Crippen molar-refractivity contribution < 1.29 is 4.79 Å². The molecule has 0 heterocycles. The number of benzene rings is 2. The smallest absolute Gasteiger partial charge is 0.234 e. The van der Waals surface area contributed by atoms with E-state index in [1.807, 2.05) is 12.1 Å². The van der Waals surface area contributed by atoms with Crippen LogP contribution in [0.5, 0.6) is 0 Å². The van der Waals surface area contributed by atoms with Gasteiger partial charge < -0.3 is 5.32 Å². The summed E-state index contributed by atoms with van der Waals surface area (Å²) < 4.78 is 0. The lowest BCUT2D eigenvalue weighted by molar-refractivity contribution is -0.113. The molecule has 0 fully saturated rings. The van der Waals surface area contributed by atoms with Crippen LogP contribution in [0, 0.1) is 13.8 Å². The van der Waals surface area contributed by atoms with E-state index in [0.29, 0.717) is 10.8 Å². The molecule has 0 bridgehead atoms. The third-order valence-electron chi connectivity index (χ3n) is 2.89. The van der Waals surface area contributed by atoms with E-state index >= 15 is 0 Å². The van der Waals surface area contributed by atoms with E-state index in [-0.39, 0.29) is 5.91 Å². The lowest BCUT2D eigenvalue weighted by atomic mass is 10.1. The summed E-state index contributed by atoms with van der Waals surface area (Å²) in [6, 6.07) is 13.7. The maximum Gasteiger partial charge on any atom is 0.234 e. The summed E-state index contributed by atoms with van der Waals surface area (Å²) in [6.45, 7) is 4.18. The average molecular weight is 320 g/mol. The quantitative estimate of drug-likeness (QED) is 0.855. The molecule has 2 rings (SSSR count). The van der Waals surface area contributed by atoms with Crippen LogP contribution in [0.25, 0.3) is 0 Å². The largest absolute Gasteiger partial charge is 0.325 e. The molecule has 0 unspecified atom stereocenters. The van der Waals surface area contributed by atoms with Crippen molar-refractivity contribution in [1.82, 2.24) is 0 Å². The number of hydrogen-bond acceptors (Lipinski definition) is 2. The van der Waals surface area contributed by atoms with Gasteiger partial charge in [0.1, 0.15) is 0 Å². The molecule has 2 nitrogen and oxygen atoms in total. The molecule has 0 aliphatic rings. The van der Waals surface area contributed by atoms with E-state index in [0.717, 1.165) is 11.4 Å². The minimum atomic E-state index is -0.00774. The molecule has 1 N–H and O–H groups in total. The van der Waals surface area contributed by atoms with E-state index in [1.165, 1.54) is 16.7 Å². The van der Waals surface area contributed by atoms with Crippen LogP contribution in [-0.4, -0.2) is 11.7 Å². The highest BCUT2D eigenvalue weighted by molar-refractivity contribution is 7.99. The normalized spacial score (nSPS) is 10.4. The standard InChI is InChI=1S/C17H18ClNOS/c1-12-6-13(2)8-14(7-12)10-21-11-17(20)19-16-5-3-4-15(18)9-16/h3-9H,10-11H2,1-2H3,(H,19,20). The third-order valence-corrected chi connectivity index (χ3v) is 4.13. The van der Waals surface area contributed by atoms with Crippen molar-refractivity contribution in [3.05, 3.63) is 64.2 Å². The highest BCUT2D eigenvalue weighted by Gasteiger charge is 2.04. The molecule has 21 heavy (non-hydrogen) atoms. The Bertz CT molecular complexity index is 622. The van der Waals surface area contributed by atoms with Crippen molar-refractivity contribution >= 4 is 35.0 Å². The molecule has 2 aromatic carbocycles. The molecule has 0 radical (unpaired) electrons. The summed E-state index contributed by atoms with van der Waals surface area (Å²) in [5.74, 6) is 1.26. The van der Waals surface area contributed by atoms with E-state index in [1.54, 1.807) is 23.9 Å². The van der Waals surface area contributed by atoms with Crippen LogP contribution in [0.2, 0.25) is 5.02 Å². The van der Waals surface area contributed by atoms with Gasteiger partial charge in [-0.05, 0) is 37.6 Å². The van der Waals surface area contributed by atoms with Crippen LogP contribution in [0.3, 0.4) is 0 Å². The minimum Gasteiger partial charge on any atom is -0.325 e. The van der Waals surface area contributed by atoms with Crippen molar-refractivity contribution in [3.8, 4) is 0 Å². The highest BCUT2D eigenvalue weighted by Crippen LogP contribution is 2.18. The first-order valence-corrected chi connectivity index (χ1v) is 8.26. The Labute approximate surface area is 134 Å². The molecule has 110 valence electrons. The Kier molecular flexibility index (Phi) is 5.71. The monoisotopic (exact) mass is 319 g/mol. The average Bonchev–Trinajstić information content (AvgIpc) is 2.37. The number of carbonyl (C=O) groups excluding carboxylic acids is 1. The second-order valence-electron chi connectivity index (χ2n) is 5.05. The predicted molar refractivity (Wildman–Crippen MR) is 92.2 cm³/mol. The Morgan fingerprint density at radius 2 is 1.86 bits per heavy atom. The molecule has 2 aromatic rings. The van der Waals surface area contributed by atoms with E-state index < -0.39 is 0 Å². The predicted octanol–water partition coefficient (Wildman–Crippen LogP) is 4.83. The molecule has 1 amide bonds. The Morgan fingerprint density at radius 1 is 1.14 bits per heavy atom. The van der Waals surface area contributed by atoms with Crippen LogP contribution in [0.1, 0.15) is 16.7 Å². The van der Waals surface area contributed by atoms with Gasteiger partial charge in [0.05, 0.1) is 5.75 Å². The lowest BCUT2D eigenvalue weighted by Crippen LogP contribution is -2.14. The lowest BCUT2D eigenvalue weighted by Gasteiger charge is -2.07. The van der Waals surface area contributed by atoms with Gasteiger partial charge in [0.15, 0.2) is 0 Å². The van der Waals surface area contributed by atoms with Crippen molar-refractivity contribution in [2.24, 2.45) is 0 Å². The Hall–Kier alpha value is -1.45. The SMILES string of the molecule is Cc1cc(C)cc(CSCC(=O)Nc2cccc(Cl)c2)c1. The maximum absolute atomic E-state index is 11.9. The van der Waals surface area contributed by atoms with Crippen molar-refractivity contribution in [3.63, 3.8) is 0 Å². The summed E-state index contributed by atoms with van der Waals surface area (Å²) >= 11 is 7.50. The van der Waals surface area contributed by atoms with Gasteiger partial charge in [-0.1, -0.05) is 47.0 Å². The van der Waals surface area contributed by atoms with Gasteiger partial charge in [0.2, 0.25) is 5.91 Å². The fourth-order valence-electron chi connectivity index (χ4n) is 2.18. The second kappa shape index (κ2) is 7.53. The molecule has 0 saturated heterocycles. The highest BCUT2D eigenvalue weighted by atomic mass is 35.5. The first-order chi connectivity index (χ1) is 10.0. The summed E-state index contributed by atoms with van der Waals surface area (Å²) in [7, 11) is 0. The van der Waals surface area contributed by atoms with Crippen LogP contribution in [0.4, 0.5) is 5.69 Å². The summed E-state index contributed by atoms with van der Waals surface area (Å²) in [6.07, 6.45) is 0. The minimum absolute atomic E-state index is 0.00774. The number of halogens is 1. The number of thioether (sulfide) groups is 1. The number of aryl methyl sites for hydroxylation is 2. The van der Waals surface area contributed by atoms with Crippen LogP contribution in [-0.2, 0) is 10.5 Å². The molecule has 4 heteroatoms. The molecule has 0 aromatic heterocycles. The first-order valence-electron chi connectivity index (χ1n) is 6.73. The number of carbonyl (C=O) groups is 1. The van der Waals surface area contributed by atoms with E-state index in [2.05, 4.69) is 37.4 Å². The maximum atomic E-state index is 11.9. The zero-order valence-electron chi connectivity index (χ0n) is 12.2. The number of anilines is 1. The summed E-state index contributed by atoms with van der Waals surface area (Å²) in [5.41, 5.74) is 4.51. The third kappa shape index (κ3) is 5.44. The van der Waals surface area contributed by atoms with Crippen molar-refractivity contribution in [2.45, 2.75) is 19.6 Å². The van der Waals surface area contributed by atoms with Gasteiger partial charge in [0, 0.05) is 16.5 Å². The number of hydrogen-bond donors (Lipinski definition) is 1. The topological polar surface area (TPSA) is 29.1 Å². The summed E-state index contributed by atoms with van der Waals surface area (Å²) in [5, 5.41) is 3.47. The van der Waals surface area contributed by atoms with Gasteiger partial charge in [-0.3, -0.25) is 4.79 Å². The van der Waals surface area contributed by atoms with Crippen LogP contribution < -0.4 is 5.32 Å². The van der Waals surface area contributed by atoms with Gasteiger partial charge in [-0.15, -0.1) is 11.8 Å². The molecule has 0 aliphatic heterocycles. The first kappa shape index (κ1) is 15.9. The Morgan fingerprint density at radius 3 is 2.52 bits per heavy atom. The van der Waals surface area contributed by atoms with Crippen molar-refractivity contribution in [2.75, 3.05) is 11.1 Å². The molecular weight excluding hydrogens is 302 g/mol. The van der Waals surface area contributed by atoms with Gasteiger partial charge in [0.25, 0.3) is 0 Å². The molecule has 0 saturated carbocycles. The Balaban J connectivity index is 1.81. The van der Waals surface area contributed by atoms with E-state index in [4.69, 9.17) is 11.6 Å². The molecule has 0 aliphatic carbocycles. The van der Waals surface area contributed by atoms with Crippen LogP contribution in [0.15, 0.2) is 42.5 Å². The van der Waals surface area contributed by atoms with Crippen LogP contribution >= 0.6 is 23.4 Å². The molecule has 0 atom stereocenters. The zero-order chi connectivity index (χ0) is 15.2. The van der Waals surface area contributed by atoms with Gasteiger partial charge >= 0.3 is 0 Å². The van der Waals surface area contributed by atoms with E-state index in [9.17, 15) is 4.79 Å². The molecule has 0 spiro atoms. The summed E-state index contributed by atoms with van der Waals surface area (Å²) in [4.78, 5) is 11.9. The number of nitrogens with one attached hydrogen (secondary N) is 1. The second-order valence-corrected chi connectivity index (χ2v) is 6.47. The van der Waals surface area contributed by atoms with Gasteiger partial charge in [-0.2, -0.15) is 0 Å². The number of amides is 1. The number of rotatable bonds is 5. The molecular formula is C17H18ClNOS. The fraction of sp³-hybridized carbons (Fsp3) is 0.235. The van der Waals surface area contributed by atoms with Crippen molar-refractivity contribution in [1.29, 1.82) is 0 Å². The zero-order valence-corrected chi connectivity index (χ0v) is 13.7. The fourth-order valence-corrected chi connectivity index (χ4v) is 3.13.